The van der Waals surface area contributed by atoms with Crippen LogP contribution in [0.5, 0.6) is 5.75 Å². The molecule has 0 aliphatic carbocycles. The van der Waals surface area contributed by atoms with E-state index in [2.05, 4.69) is 15.4 Å². The van der Waals surface area contributed by atoms with Gasteiger partial charge in [-0.15, -0.1) is 0 Å². The second-order valence-corrected chi connectivity index (χ2v) is 8.25. The number of carbonyl (C=O) groups is 1. The first-order valence-corrected chi connectivity index (χ1v) is 11.2. The topological polar surface area (TPSA) is 76.8 Å². The summed E-state index contributed by atoms with van der Waals surface area (Å²) in [4.78, 5) is 15.0. The number of alkyl halides is 3. The molecule has 7 nitrogen and oxygen atoms in total. The summed E-state index contributed by atoms with van der Waals surface area (Å²) in [5.74, 6) is 0.522. The summed E-state index contributed by atoms with van der Waals surface area (Å²) < 4.78 is 55.9. The number of nitrogens with one attached hydrogen (secondary N) is 1. The zero-order valence-electron chi connectivity index (χ0n) is 19.4. The SMILES string of the molecule is Cc1noc(C)c1-c1cc(NC(=O)c2cccc(C(F)(F)F)c2)ccc1OCCN1CCOCC1. The maximum Gasteiger partial charge on any atom is 0.416 e. The number of anilines is 1. The van der Waals surface area contributed by atoms with E-state index in [1.165, 1.54) is 12.1 Å². The first kappa shape index (κ1) is 24.7. The first-order chi connectivity index (χ1) is 16.7. The predicted octanol–water partition coefficient (Wildman–Crippen LogP) is 4.94. The second-order valence-electron chi connectivity index (χ2n) is 8.25. The maximum absolute atomic E-state index is 13.0. The van der Waals surface area contributed by atoms with Crippen LogP contribution in [0.15, 0.2) is 47.0 Å². The summed E-state index contributed by atoms with van der Waals surface area (Å²) in [7, 11) is 0. The number of benzene rings is 2. The third kappa shape index (κ3) is 6.01. The summed E-state index contributed by atoms with van der Waals surface area (Å²) in [5, 5.41) is 6.69. The fraction of sp³-hybridized carbons (Fsp3) is 0.360. The van der Waals surface area contributed by atoms with E-state index in [9.17, 15) is 18.0 Å². The van der Waals surface area contributed by atoms with Crippen molar-refractivity contribution in [3.05, 3.63) is 65.0 Å². The van der Waals surface area contributed by atoms with E-state index in [1.807, 2.05) is 0 Å². The van der Waals surface area contributed by atoms with Gasteiger partial charge in [-0.25, -0.2) is 0 Å². The second kappa shape index (κ2) is 10.5. The number of amides is 1. The molecule has 4 rings (SSSR count). The van der Waals surface area contributed by atoms with Crippen molar-refractivity contribution in [3.63, 3.8) is 0 Å². The van der Waals surface area contributed by atoms with E-state index in [0.717, 1.165) is 37.3 Å². The third-order valence-electron chi connectivity index (χ3n) is 5.76. The maximum atomic E-state index is 13.0. The number of aromatic nitrogens is 1. The summed E-state index contributed by atoms with van der Waals surface area (Å²) in [6, 6.07) is 9.38. The van der Waals surface area contributed by atoms with Crippen LogP contribution in [-0.2, 0) is 10.9 Å². The monoisotopic (exact) mass is 489 g/mol. The molecule has 186 valence electrons. The smallest absolute Gasteiger partial charge is 0.416 e. The Hall–Kier alpha value is -3.37. The lowest BCUT2D eigenvalue weighted by atomic mass is 10.0. The molecular formula is C25H26F3N3O4. The van der Waals surface area contributed by atoms with Crippen molar-refractivity contribution >= 4 is 11.6 Å². The van der Waals surface area contributed by atoms with Crippen LogP contribution < -0.4 is 10.1 Å². The Labute approximate surface area is 200 Å². The van der Waals surface area contributed by atoms with E-state index in [0.29, 0.717) is 48.3 Å². The van der Waals surface area contributed by atoms with Crippen molar-refractivity contribution < 1.29 is 32.0 Å². The zero-order chi connectivity index (χ0) is 25.0. The Balaban J connectivity index is 1.56. The molecule has 1 aliphatic rings. The lowest BCUT2D eigenvalue weighted by Gasteiger charge is -2.26. The molecule has 2 heterocycles. The number of rotatable bonds is 7. The number of carbonyl (C=O) groups excluding carboxylic acids is 1. The molecule has 0 bridgehead atoms. The van der Waals surface area contributed by atoms with Crippen molar-refractivity contribution in [3.8, 4) is 16.9 Å². The van der Waals surface area contributed by atoms with Crippen molar-refractivity contribution in [2.24, 2.45) is 0 Å². The number of halogens is 3. The number of hydrogen-bond acceptors (Lipinski definition) is 6. The van der Waals surface area contributed by atoms with Gasteiger partial charge in [0.05, 0.1) is 30.0 Å². The largest absolute Gasteiger partial charge is 0.492 e. The fourth-order valence-electron chi connectivity index (χ4n) is 3.95. The van der Waals surface area contributed by atoms with Gasteiger partial charge in [0.2, 0.25) is 0 Å². The number of hydrogen-bond donors (Lipinski definition) is 1. The molecule has 35 heavy (non-hydrogen) atoms. The molecular weight excluding hydrogens is 463 g/mol. The number of morpholine rings is 1. The van der Waals surface area contributed by atoms with Crippen LogP contribution in [0.2, 0.25) is 0 Å². The minimum absolute atomic E-state index is 0.0930. The van der Waals surface area contributed by atoms with E-state index >= 15 is 0 Å². The highest BCUT2D eigenvalue weighted by molar-refractivity contribution is 6.04. The lowest BCUT2D eigenvalue weighted by Crippen LogP contribution is -2.38. The van der Waals surface area contributed by atoms with Gasteiger partial charge in [-0.05, 0) is 50.2 Å². The van der Waals surface area contributed by atoms with Gasteiger partial charge in [-0.1, -0.05) is 11.2 Å². The van der Waals surface area contributed by atoms with Gasteiger partial charge >= 0.3 is 6.18 Å². The third-order valence-corrected chi connectivity index (χ3v) is 5.76. The lowest BCUT2D eigenvalue weighted by molar-refractivity contribution is -0.137. The summed E-state index contributed by atoms with van der Waals surface area (Å²) in [6.07, 6.45) is -4.53. The molecule has 1 fully saturated rings. The minimum atomic E-state index is -4.53. The molecule has 0 radical (unpaired) electrons. The average molecular weight is 489 g/mol. The van der Waals surface area contributed by atoms with Crippen molar-refractivity contribution in [2.45, 2.75) is 20.0 Å². The highest BCUT2D eigenvalue weighted by atomic mass is 19.4. The standard InChI is InChI=1S/C25H26F3N3O4/c1-16-23(17(2)35-30-16)21-15-20(6-7-22(21)34-13-10-31-8-11-33-12-9-31)29-24(32)18-4-3-5-19(14-18)25(26,27)28/h3-7,14-15H,8-13H2,1-2H3,(H,29,32). The quantitative estimate of drug-likeness (QED) is 0.507. The van der Waals surface area contributed by atoms with E-state index < -0.39 is 17.6 Å². The van der Waals surface area contributed by atoms with Gasteiger partial charge in [-0.2, -0.15) is 13.2 Å². The zero-order valence-corrected chi connectivity index (χ0v) is 19.4. The Morgan fingerprint density at radius 1 is 1.14 bits per heavy atom. The van der Waals surface area contributed by atoms with E-state index in [1.54, 1.807) is 32.0 Å². The molecule has 2 aromatic carbocycles. The van der Waals surface area contributed by atoms with Gasteiger partial charge in [0.1, 0.15) is 18.1 Å². The minimum Gasteiger partial charge on any atom is -0.492 e. The fourth-order valence-corrected chi connectivity index (χ4v) is 3.95. The van der Waals surface area contributed by atoms with Gasteiger partial charge in [0.25, 0.3) is 5.91 Å². The number of aryl methyl sites for hydroxylation is 2. The van der Waals surface area contributed by atoms with Gasteiger partial charge in [0, 0.05) is 36.4 Å². The van der Waals surface area contributed by atoms with Crippen LogP contribution in [0.3, 0.4) is 0 Å². The van der Waals surface area contributed by atoms with Crippen LogP contribution in [0, 0.1) is 13.8 Å². The Bertz CT molecular complexity index is 1170. The molecule has 0 spiro atoms. The Morgan fingerprint density at radius 2 is 1.91 bits per heavy atom. The van der Waals surface area contributed by atoms with Crippen molar-refractivity contribution in [1.29, 1.82) is 0 Å². The average Bonchev–Trinajstić information content (AvgIpc) is 3.17. The van der Waals surface area contributed by atoms with Crippen molar-refractivity contribution in [2.75, 3.05) is 44.8 Å². The van der Waals surface area contributed by atoms with Crippen LogP contribution in [-0.4, -0.2) is 55.4 Å². The molecule has 0 saturated carbocycles. The normalized spacial score (nSPS) is 14.7. The Kier molecular flexibility index (Phi) is 7.42. The van der Waals surface area contributed by atoms with Gasteiger partial charge in [0.15, 0.2) is 0 Å². The van der Waals surface area contributed by atoms with Crippen LogP contribution in [0.4, 0.5) is 18.9 Å². The van der Waals surface area contributed by atoms with E-state index in [-0.39, 0.29) is 5.56 Å². The van der Waals surface area contributed by atoms with E-state index in [4.69, 9.17) is 14.0 Å². The molecule has 0 atom stereocenters. The molecule has 1 saturated heterocycles. The summed E-state index contributed by atoms with van der Waals surface area (Å²) >= 11 is 0. The van der Waals surface area contributed by atoms with Crippen LogP contribution >= 0.6 is 0 Å². The van der Waals surface area contributed by atoms with Gasteiger partial charge in [-0.3, -0.25) is 9.69 Å². The van der Waals surface area contributed by atoms with Crippen LogP contribution in [0.25, 0.3) is 11.1 Å². The van der Waals surface area contributed by atoms with Gasteiger partial charge < -0.3 is 19.3 Å². The molecule has 0 unspecified atom stereocenters. The highest BCUT2D eigenvalue weighted by Gasteiger charge is 2.31. The molecule has 1 N–H and O–H groups in total. The van der Waals surface area contributed by atoms with Crippen LogP contribution in [0.1, 0.15) is 27.4 Å². The number of nitrogens with zero attached hydrogens (tertiary/aromatic N) is 2. The van der Waals surface area contributed by atoms with Crippen molar-refractivity contribution in [1.82, 2.24) is 10.1 Å². The molecule has 1 amide bonds. The summed E-state index contributed by atoms with van der Waals surface area (Å²) in [5.41, 5.74) is 1.49. The molecule has 1 aliphatic heterocycles. The first-order valence-electron chi connectivity index (χ1n) is 11.2. The molecule has 1 aromatic heterocycles. The Morgan fingerprint density at radius 3 is 2.60 bits per heavy atom. The predicted molar refractivity (Wildman–Crippen MR) is 124 cm³/mol. The highest BCUT2D eigenvalue weighted by Crippen LogP contribution is 2.37. The summed E-state index contributed by atoms with van der Waals surface area (Å²) in [6.45, 7) is 7.86. The molecule has 10 heteroatoms. The molecule has 3 aromatic rings. The number of ether oxygens (including phenoxy) is 2.